The molecule has 78 valence electrons. The average molecular weight is 202 g/mol. The fourth-order valence-electron chi connectivity index (χ4n) is 1.55. The van der Waals surface area contributed by atoms with E-state index >= 15 is 0 Å². The van der Waals surface area contributed by atoms with E-state index in [1.54, 1.807) is 12.5 Å². The highest BCUT2D eigenvalue weighted by Gasteiger charge is 2.07. The van der Waals surface area contributed by atoms with E-state index in [0.717, 1.165) is 22.6 Å². The summed E-state index contributed by atoms with van der Waals surface area (Å²) in [7, 11) is 0. The monoisotopic (exact) mass is 202 g/mol. The lowest BCUT2D eigenvalue weighted by Gasteiger charge is -2.09. The molecule has 2 aromatic rings. The van der Waals surface area contributed by atoms with Crippen molar-refractivity contribution in [3.63, 3.8) is 0 Å². The van der Waals surface area contributed by atoms with Crippen LogP contribution in [0.5, 0.6) is 0 Å². The van der Waals surface area contributed by atoms with Crippen LogP contribution in [0.4, 0.5) is 0 Å². The van der Waals surface area contributed by atoms with E-state index in [1.807, 2.05) is 30.7 Å². The van der Waals surface area contributed by atoms with Crippen LogP contribution in [-0.4, -0.2) is 14.5 Å². The van der Waals surface area contributed by atoms with Gasteiger partial charge in [0.1, 0.15) is 0 Å². The highest BCUT2D eigenvalue weighted by Crippen LogP contribution is 2.16. The van der Waals surface area contributed by atoms with Gasteiger partial charge in [-0.25, -0.2) is 4.98 Å². The molecule has 0 bridgehead atoms. The van der Waals surface area contributed by atoms with Gasteiger partial charge >= 0.3 is 0 Å². The van der Waals surface area contributed by atoms with Crippen LogP contribution in [0.1, 0.15) is 17.0 Å². The summed E-state index contributed by atoms with van der Waals surface area (Å²) in [4.78, 5) is 8.38. The summed E-state index contributed by atoms with van der Waals surface area (Å²) in [5.74, 6) is 0. The molecular formula is C11H14N4. The van der Waals surface area contributed by atoms with Gasteiger partial charge in [-0.2, -0.15) is 0 Å². The lowest BCUT2D eigenvalue weighted by atomic mass is 10.2. The second-order valence-electron chi connectivity index (χ2n) is 3.49. The Morgan fingerprint density at radius 1 is 1.40 bits per heavy atom. The van der Waals surface area contributed by atoms with Crippen LogP contribution >= 0.6 is 0 Å². The molecule has 0 unspecified atom stereocenters. The predicted octanol–water partition coefficient (Wildman–Crippen LogP) is 1.34. The van der Waals surface area contributed by atoms with Crippen LogP contribution in [0.2, 0.25) is 0 Å². The maximum atomic E-state index is 5.68. The van der Waals surface area contributed by atoms with Crippen LogP contribution in [0.15, 0.2) is 24.8 Å². The zero-order valence-corrected chi connectivity index (χ0v) is 8.94. The van der Waals surface area contributed by atoms with Gasteiger partial charge in [0, 0.05) is 18.4 Å². The molecule has 0 aliphatic carbocycles. The molecule has 0 amide bonds. The summed E-state index contributed by atoms with van der Waals surface area (Å²) < 4.78 is 2.02. The molecule has 2 heterocycles. The number of nitrogens with two attached hydrogens (primary N) is 1. The van der Waals surface area contributed by atoms with Gasteiger partial charge in [0.25, 0.3) is 0 Å². The number of nitrogens with zero attached hydrogens (tertiary/aromatic N) is 3. The number of hydrogen-bond acceptors (Lipinski definition) is 3. The molecule has 0 atom stereocenters. The van der Waals surface area contributed by atoms with Crippen LogP contribution in [-0.2, 0) is 6.54 Å². The Balaban J connectivity index is 2.58. The molecule has 15 heavy (non-hydrogen) atoms. The van der Waals surface area contributed by atoms with E-state index in [4.69, 9.17) is 5.73 Å². The molecule has 0 aliphatic rings. The first-order valence-electron chi connectivity index (χ1n) is 4.88. The fourth-order valence-corrected chi connectivity index (χ4v) is 1.55. The molecule has 0 saturated carbocycles. The van der Waals surface area contributed by atoms with Crippen LogP contribution in [0, 0.1) is 13.8 Å². The number of aryl methyl sites for hydroxylation is 1. The number of pyridine rings is 1. The van der Waals surface area contributed by atoms with Gasteiger partial charge in [-0.1, -0.05) is 0 Å². The Labute approximate surface area is 88.8 Å². The minimum Gasteiger partial charge on any atom is -0.326 e. The van der Waals surface area contributed by atoms with Crippen molar-refractivity contribution >= 4 is 0 Å². The van der Waals surface area contributed by atoms with Crippen LogP contribution in [0.3, 0.4) is 0 Å². The summed E-state index contributed by atoms with van der Waals surface area (Å²) in [6.45, 7) is 4.54. The molecule has 4 nitrogen and oxygen atoms in total. The van der Waals surface area contributed by atoms with Crippen molar-refractivity contribution in [3.8, 4) is 5.69 Å². The van der Waals surface area contributed by atoms with Gasteiger partial charge < -0.3 is 10.3 Å². The topological polar surface area (TPSA) is 56.7 Å². The first-order chi connectivity index (χ1) is 7.24. The number of rotatable bonds is 2. The third-order valence-electron chi connectivity index (χ3n) is 2.62. The number of hydrogen-bond donors (Lipinski definition) is 1. The van der Waals surface area contributed by atoms with Crippen LogP contribution in [0.25, 0.3) is 5.69 Å². The fraction of sp³-hybridized carbons (Fsp3) is 0.273. The molecule has 2 rings (SSSR count). The average Bonchev–Trinajstić information content (AvgIpc) is 2.60. The van der Waals surface area contributed by atoms with Gasteiger partial charge in [-0.05, 0) is 25.5 Å². The standard InChI is InChI=1S/C11H14N4/c1-8-9(2)15(7-14-8)11-6-13-4-3-10(11)5-12/h3-4,6-7H,5,12H2,1-2H3. The highest BCUT2D eigenvalue weighted by molar-refractivity contribution is 5.40. The van der Waals surface area contributed by atoms with Crippen molar-refractivity contribution in [2.45, 2.75) is 20.4 Å². The van der Waals surface area contributed by atoms with Crippen LogP contribution < -0.4 is 5.73 Å². The molecule has 0 aliphatic heterocycles. The predicted molar refractivity (Wildman–Crippen MR) is 58.7 cm³/mol. The van der Waals surface area contributed by atoms with E-state index in [0.29, 0.717) is 6.54 Å². The Bertz CT molecular complexity index is 473. The summed E-state index contributed by atoms with van der Waals surface area (Å²) in [6.07, 6.45) is 5.38. The highest BCUT2D eigenvalue weighted by atomic mass is 15.1. The zero-order chi connectivity index (χ0) is 10.8. The van der Waals surface area contributed by atoms with E-state index in [-0.39, 0.29) is 0 Å². The Hall–Kier alpha value is -1.68. The van der Waals surface area contributed by atoms with E-state index < -0.39 is 0 Å². The third kappa shape index (κ3) is 1.64. The van der Waals surface area contributed by atoms with Crippen molar-refractivity contribution in [2.24, 2.45) is 5.73 Å². The normalized spacial score (nSPS) is 10.6. The Morgan fingerprint density at radius 2 is 2.20 bits per heavy atom. The first kappa shape index (κ1) is 9.86. The van der Waals surface area contributed by atoms with Gasteiger partial charge in [-0.3, -0.25) is 4.98 Å². The van der Waals surface area contributed by atoms with Crippen molar-refractivity contribution in [1.29, 1.82) is 0 Å². The van der Waals surface area contributed by atoms with Gasteiger partial charge in [0.15, 0.2) is 0 Å². The van der Waals surface area contributed by atoms with Crippen molar-refractivity contribution in [1.82, 2.24) is 14.5 Å². The maximum absolute atomic E-state index is 5.68. The first-order valence-corrected chi connectivity index (χ1v) is 4.88. The van der Waals surface area contributed by atoms with Crippen molar-refractivity contribution < 1.29 is 0 Å². The second kappa shape index (κ2) is 3.82. The van der Waals surface area contributed by atoms with Crippen molar-refractivity contribution in [2.75, 3.05) is 0 Å². The quantitative estimate of drug-likeness (QED) is 0.799. The molecular weight excluding hydrogens is 188 g/mol. The Morgan fingerprint density at radius 3 is 2.80 bits per heavy atom. The second-order valence-corrected chi connectivity index (χ2v) is 3.49. The molecule has 0 fully saturated rings. The maximum Gasteiger partial charge on any atom is 0.0998 e. The molecule has 0 aromatic carbocycles. The molecule has 0 spiro atoms. The van der Waals surface area contributed by atoms with Gasteiger partial charge in [0.05, 0.1) is 23.9 Å². The van der Waals surface area contributed by atoms with Gasteiger partial charge in [0.2, 0.25) is 0 Å². The lowest BCUT2D eigenvalue weighted by Crippen LogP contribution is -2.05. The minimum atomic E-state index is 0.508. The Kier molecular flexibility index (Phi) is 2.51. The van der Waals surface area contributed by atoms with E-state index in [2.05, 4.69) is 9.97 Å². The largest absolute Gasteiger partial charge is 0.326 e. The third-order valence-corrected chi connectivity index (χ3v) is 2.62. The summed E-state index contributed by atoms with van der Waals surface area (Å²) in [6, 6.07) is 1.93. The molecule has 2 aromatic heterocycles. The van der Waals surface area contributed by atoms with E-state index in [9.17, 15) is 0 Å². The smallest absolute Gasteiger partial charge is 0.0998 e. The van der Waals surface area contributed by atoms with Crippen molar-refractivity contribution in [3.05, 3.63) is 41.7 Å². The summed E-state index contributed by atoms with van der Waals surface area (Å²) in [5, 5.41) is 0. The lowest BCUT2D eigenvalue weighted by molar-refractivity contribution is 0.939. The number of imidazole rings is 1. The van der Waals surface area contributed by atoms with E-state index in [1.165, 1.54) is 0 Å². The summed E-state index contributed by atoms with van der Waals surface area (Å²) in [5.41, 5.74) is 9.92. The molecule has 4 heteroatoms. The SMILES string of the molecule is Cc1ncn(-c2cnccc2CN)c1C. The number of aromatic nitrogens is 3. The zero-order valence-electron chi connectivity index (χ0n) is 8.94. The summed E-state index contributed by atoms with van der Waals surface area (Å²) >= 11 is 0. The molecule has 0 saturated heterocycles. The van der Waals surface area contributed by atoms with Gasteiger partial charge in [-0.15, -0.1) is 0 Å². The minimum absolute atomic E-state index is 0.508. The molecule has 0 radical (unpaired) electrons. The molecule has 2 N–H and O–H groups in total.